The first-order valence-corrected chi connectivity index (χ1v) is 7.64. The zero-order valence-electron chi connectivity index (χ0n) is 13.6. The average Bonchev–Trinajstić information content (AvgIpc) is 3.00. The number of hydrogen-bond acceptors (Lipinski definition) is 5. The minimum atomic E-state index is -4.79. The highest BCUT2D eigenvalue weighted by Crippen LogP contribution is 2.40. The van der Waals surface area contributed by atoms with E-state index in [0.717, 1.165) is 6.20 Å². The molecule has 1 aromatic heterocycles. The predicted molar refractivity (Wildman–Crippen MR) is 83.3 cm³/mol. The number of benzene rings is 1. The van der Waals surface area contributed by atoms with Gasteiger partial charge in [0.2, 0.25) is 0 Å². The van der Waals surface area contributed by atoms with Crippen molar-refractivity contribution in [1.82, 2.24) is 9.78 Å². The standard InChI is InChI=1S/C16H16F3N3O3/c1-3-24-15(23)10-9-20-22(14(10)16(17,18)19)12-6-4-5-11-13(12)25-8-7-21(11)2/h4-6,9H,3,7-8H2,1-2H3. The molecule has 134 valence electrons. The van der Waals surface area contributed by atoms with Crippen LogP contribution in [0.4, 0.5) is 18.9 Å². The number of halogens is 3. The van der Waals surface area contributed by atoms with Crippen LogP contribution in [0.1, 0.15) is 23.0 Å². The second-order valence-electron chi connectivity index (χ2n) is 5.43. The smallest absolute Gasteiger partial charge is 0.434 e. The maximum Gasteiger partial charge on any atom is 0.434 e. The summed E-state index contributed by atoms with van der Waals surface area (Å²) in [6.07, 6.45) is -3.92. The van der Waals surface area contributed by atoms with Crippen LogP contribution in [0.2, 0.25) is 0 Å². The molecule has 0 radical (unpaired) electrons. The highest BCUT2D eigenvalue weighted by atomic mass is 19.4. The Morgan fingerprint density at radius 2 is 2.08 bits per heavy atom. The summed E-state index contributed by atoms with van der Waals surface area (Å²) in [6.45, 7) is 2.45. The Bertz CT molecular complexity index is 802. The second-order valence-corrected chi connectivity index (χ2v) is 5.43. The topological polar surface area (TPSA) is 56.6 Å². The Hall–Kier alpha value is -2.71. The summed E-state index contributed by atoms with van der Waals surface area (Å²) in [5.74, 6) is -0.774. The van der Waals surface area contributed by atoms with Crippen molar-refractivity contribution < 1.29 is 27.4 Å². The number of likely N-dealkylation sites (N-methyl/N-ethyl adjacent to an activating group) is 1. The molecule has 2 aromatic rings. The first-order chi connectivity index (χ1) is 11.8. The van der Waals surface area contributed by atoms with Gasteiger partial charge < -0.3 is 14.4 Å². The first kappa shape index (κ1) is 17.1. The van der Waals surface area contributed by atoms with Crippen LogP contribution in [0.15, 0.2) is 24.4 Å². The van der Waals surface area contributed by atoms with Crippen molar-refractivity contribution in [2.24, 2.45) is 0 Å². The average molecular weight is 355 g/mol. The van der Waals surface area contributed by atoms with Crippen LogP contribution >= 0.6 is 0 Å². The maximum absolute atomic E-state index is 13.6. The van der Waals surface area contributed by atoms with Gasteiger partial charge >= 0.3 is 12.1 Å². The van der Waals surface area contributed by atoms with E-state index in [1.807, 2.05) is 11.9 Å². The normalized spacial score (nSPS) is 14.0. The van der Waals surface area contributed by atoms with Gasteiger partial charge in [0.1, 0.15) is 17.9 Å². The van der Waals surface area contributed by atoms with Gasteiger partial charge in [0.25, 0.3) is 0 Å². The van der Waals surface area contributed by atoms with Gasteiger partial charge in [0.05, 0.1) is 25.0 Å². The van der Waals surface area contributed by atoms with E-state index in [9.17, 15) is 18.0 Å². The third-order valence-corrected chi connectivity index (χ3v) is 3.82. The second kappa shape index (κ2) is 6.30. The number of para-hydroxylation sites is 1. The summed E-state index contributed by atoms with van der Waals surface area (Å²) in [6, 6.07) is 4.83. The van der Waals surface area contributed by atoms with E-state index in [0.29, 0.717) is 29.3 Å². The fourth-order valence-corrected chi connectivity index (χ4v) is 2.70. The largest absolute Gasteiger partial charge is 0.487 e. The molecule has 1 aromatic carbocycles. The van der Waals surface area contributed by atoms with E-state index in [4.69, 9.17) is 9.47 Å². The number of esters is 1. The van der Waals surface area contributed by atoms with Crippen LogP contribution in [-0.2, 0) is 10.9 Å². The Kier molecular flexibility index (Phi) is 4.32. The molecule has 3 rings (SSSR count). The molecule has 0 amide bonds. The van der Waals surface area contributed by atoms with Gasteiger partial charge in [0, 0.05) is 7.05 Å². The molecule has 2 heterocycles. The van der Waals surface area contributed by atoms with E-state index in [-0.39, 0.29) is 12.3 Å². The lowest BCUT2D eigenvalue weighted by Crippen LogP contribution is -2.29. The molecule has 0 unspecified atom stereocenters. The van der Waals surface area contributed by atoms with Gasteiger partial charge in [-0.2, -0.15) is 18.3 Å². The molecule has 0 N–H and O–H groups in total. The molecule has 0 fully saturated rings. The van der Waals surface area contributed by atoms with Crippen LogP contribution in [0.25, 0.3) is 5.69 Å². The number of hydrogen-bond donors (Lipinski definition) is 0. The van der Waals surface area contributed by atoms with E-state index in [2.05, 4.69) is 5.10 Å². The fourth-order valence-electron chi connectivity index (χ4n) is 2.70. The number of rotatable bonds is 3. The van der Waals surface area contributed by atoms with Gasteiger partial charge in [-0.3, -0.25) is 0 Å². The van der Waals surface area contributed by atoms with Gasteiger partial charge in [-0.15, -0.1) is 0 Å². The van der Waals surface area contributed by atoms with E-state index in [1.54, 1.807) is 12.1 Å². The Morgan fingerprint density at radius 1 is 1.36 bits per heavy atom. The minimum absolute atomic E-state index is 0.0318. The summed E-state index contributed by atoms with van der Waals surface area (Å²) in [5.41, 5.74) is -1.04. The SMILES string of the molecule is CCOC(=O)c1cnn(-c2cccc3c2OCCN3C)c1C(F)(F)F. The molecule has 0 spiro atoms. The van der Waals surface area contributed by atoms with Crippen molar-refractivity contribution in [2.45, 2.75) is 13.1 Å². The number of alkyl halides is 3. The van der Waals surface area contributed by atoms with Crippen molar-refractivity contribution >= 4 is 11.7 Å². The van der Waals surface area contributed by atoms with Crippen LogP contribution in [0.5, 0.6) is 5.75 Å². The molecule has 0 aliphatic carbocycles. The highest BCUT2D eigenvalue weighted by molar-refractivity contribution is 5.91. The quantitative estimate of drug-likeness (QED) is 0.793. The van der Waals surface area contributed by atoms with Crippen LogP contribution in [0, 0.1) is 0 Å². The van der Waals surface area contributed by atoms with E-state index in [1.165, 1.54) is 13.0 Å². The third kappa shape index (κ3) is 3.01. The molecule has 25 heavy (non-hydrogen) atoms. The molecule has 1 aliphatic rings. The molecule has 1 aliphatic heterocycles. The van der Waals surface area contributed by atoms with Crippen molar-refractivity contribution in [1.29, 1.82) is 0 Å². The number of carbonyl (C=O) groups is 1. The zero-order chi connectivity index (χ0) is 18.2. The van der Waals surface area contributed by atoms with Crippen molar-refractivity contribution in [2.75, 3.05) is 31.7 Å². The highest BCUT2D eigenvalue weighted by Gasteiger charge is 2.41. The molecule has 0 saturated carbocycles. The molecule has 6 nitrogen and oxygen atoms in total. The molecular weight excluding hydrogens is 339 g/mol. The lowest BCUT2D eigenvalue weighted by Gasteiger charge is -2.29. The van der Waals surface area contributed by atoms with Crippen molar-refractivity contribution in [3.63, 3.8) is 0 Å². The summed E-state index contributed by atoms with van der Waals surface area (Å²) < 4.78 is 51.8. The van der Waals surface area contributed by atoms with Crippen molar-refractivity contribution in [3.05, 3.63) is 35.7 Å². The summed E-state index contributed by atoms with van der Waals surface area (Å²) in [7, 11) is 1.82. The summed E-state index contributed by atoms with van der Waals surface area (Å²) in [4.78, 5) is 13.8. The number of anilines is 1. The lowest BCUT2D eigenvalue weighted by atomic mass is 10.2. The summed E-state index contributed by atoms with van der Waals surface area (Å²) >= 11 is 0. The maximum atomic E-state index is 13.6. The van der Waals surface area contributed by atoms with Gasteiger partial charge in [-0.25, -0.2) is 9.48 Å². The number of ether oxygens (including phenoxy) is 2. The molecule has 0 bridgehead atoms. The number of carbonyl (C=O) groups excluding carboxylic acids is 1. The molecule has 0 saturated heterocycles. The van der Waals surface area contributed by atoms with E-state index >= 15 is 0 Å². The Balaban J connectivity index is 2.19. The molecule has 0 atom stereocenters. The van der Waals surface area contributed by atoms with Gasteiger partial charge in [0.15, 0.2) is 11.4 Å². The van der Waals surface area contributed by atoms with Crippen LogP contribution < -0.4 is 9.64 Å². The molecule has 9 heteroatoms. The Morgan fingerprint density at radius 3 is 2.76 bits per heavy atom. The minimum Gasteiger partial charge on any atom is -0.487 e. The summed E-state index contributed by atoms with van der Waals surface area (Å²) in [5, 5.41) is 3.79. The van der Waals surface area contributed by atoms with Gasteiger partial charge in [-0.1, -0.05) is 6.07 Å². The predicted octanol–water partition coefficient (Wildman–Crippen LogP) is 2.90. The fraction of sp³-hybridized carbons (Fsp3) is 0.375. The van der Waals surface area contributed by atoms with Gasteiger partial charge in [-0.05, 0) is 19.1 Å². The number of fused-ring (bicyclic) bond motifs is 1. The van der Waals surface area contributed by atoms with Crippen LogP contribution in [0.3, 0.4) is 0 Å². The third-order valence-electron chi connectivity index (χ3n) is 3.82. The first-order valence-electron chi connectivity index (χ1n) is 7.64. The monoisotopic (exact) mass is 355 g/mol. The molecular formula is C16H16F3N3O3. The lowest BCUT2D eigenvalue weighted by molar-refractivity contribution is -0.143. The Labute approximate surface area is 141 Å². The zero-order valence-corrected chi connectivity index (χ0v) is 13.6. The van der Waals surface area contributed by atoms with Crippen LogP contribution in [-0.4, -0.2) is 42.6 Å². The van der Waals surface area contributed by atoms with Crippen molar-refractivity contribution in [3.8, 4) is 11.4 Å². The number of aromatic nitrogens is 2. The number of nitrogens with zero attached hydrogens (tertiary/aromatic N) is 3. The van der Waals surface area contributed by atoms with E-state index < -0.39 is 23.4 Å².